The predicted octanol–water partition coefficient (Wildman–Crippen LogP) is 3.77. The minimum Gasteiger partial charge on any atom is -0.301 e. The highest BCUT2D eigenvalue weighted by Crippen LogP contribution is 2.22. The average Bonchev–Trinajstić information content (AvgIpc) is 2.33. The van der Waals surface area contributed by atoms with E-state index >= 15 is 0 Å². The average molecular weight is 269 g/mol. The summed E-state index contributed by atoms with van der Waals surface area (Å²) < 4.78 is 13.5. The van der Waals surface area contributed by atoms with Gasteiger partial charge in [-0.25, -0.2) is 4.39 Å². The van der Waals surface area contributed by atoms with Crippen LogP contribution in [-0.4, -0.2) is 18.5 Å². The fraction of sp³-hybridized carbons (Fsp3) is 0.500. The molecule has 0 heterocycles. The van der Waals surface area contributed by atoms with Crippen LogP contribution in [0.25, 0.3) is 0 Å². The zero-order valence-electron chi connectivity index (χ0n) is 11.0. The third-order valence-electron chi connectivity index (χ3n) is 2.98. The van der Waals surface area contributed by atoms with Gasteiger partial charge >= 0.3 is 0 Å². The zero-order chi connectivity index (χ0) is 13.7. The first-order valence-electron chi connectivity index (χ1n) is 6.00. The highest BCUT2D eigenvalue weighted by Gasteiger charge is 2.12. The van der Waals surface area contributed by atoms with Crippen LogP contribution in [0.2, 0.25) is 5.02 Å². The molecule has 0 bridgehead atoms. The number of nitrogens with zero attached hydrogens (tertiary/aromatic N) is 2. The molecule has 0 fully saturated rings. The Hall–Kier alpha value is -1.11. The number of benzene rings is 1. The first-order valence-corrected chi connectivity index (χ1v) is 6.38. The second-order valence-electron chi connectivity index (χ2n) is 4.62. The quantitative estimate of drug-likeness (QED) is 0.813. The molecule has 1 aromatic rings. The van der Waals surface area contributed by atoms with Crippen LogP contribution in [-0.2, 0) is 6.54 Å². The van der Waals surface area contributed by atoms with Crippen molar-refractivity contribution in [2.45, 2.75) is 26.8 Å². The monoisotopic (exact) mass is 268 g/mol. The van der Waals surface area contributed by atoms with Gasteiger partial charge in [-0.2, -0.15) is 5.26 Å². The summed E-state index contributed by atoms with van der Waals surface area (Å²) in [5, 5.41) is 9.49. The lowest BCUT2D eigenvalue weighted by Crippen LogP contribution is -2.24. The summed E-state index contributed by atoms with van der Waals surface area (Å²) in [4.78, 5) is 1.99. The Labute approximate surface area is 113 Å². The van der Waals surface area contributed by atoms with E-state index in [1.807, 2.05) is 18.9 Å². The van der Waals surface area contributed by atoms with Gasteiger partial charge in [0.1, 0.15) is 5.82 Å². The van der Waals surface area contributed by atoms with E-state index in [1.165, 1.54) is 6.07 Å². The lowest BCUT2D eigenvalue weighted by atomic mass is 10.1. The summed E-state index contributed by atoms with van der Waals surface area (Å²) in [6.45, 7) is 4.89. The molecule has 1 unspecified atom stereocenters. The summed E-state index contributed by atoms with van der Waals surface area (Å²) in [6.07, 6.45) is 0.816. The lowest BCUT2D eigenvalue weighted by Gasteiger charge is -2.20. The SMILES string of the molecule is CCC(C#N)CN(C)Cc1cc(F)c(C)cc1Cl. The predicted molar refractivity (Wildman–Crippen MR) is 71.9 cm³/mol. The molecule has 0 saturated carbocycles. The third-order valence-corrected chi connectivity index (χ3v) is 3.33. The minimum atomic E-state index is -0.241. The summed E-state index contributed by atoms with van der Waals surface area (Å²) in [5.74, 6) is -0.237. The number of halogens is 2. The Morgan fingerprint density at radius 3 is 2.72 bits per heavy atom. The van der Waals surface area contributed by atoms with Gasteiger partial charge in [0.25, 0.3) is 0 Å². The van der Waals surface area contributed by atoms with E-state index in [9.17, 15) is 4.39 Å². The number of hydrogen-bond donors (Lipinski definition) is 0. The van der Waals surface area contributed by atoms with Crippen LogP contribution in [0.5, 0.6) is 0 Å². The highest BCUT2D eigenvalue weighted by atomic mass is 35.5. The van der Waals surface area contributed by atoms with E-state index in [0.717, 1.165) is 12.0 Å². The number of hydrogen-bond acceptors (Lipinski definition) is 2. The van der Waals surface area contributed by atoms with Crippen molar-refractivity contribution in [3.05, 3.63) is 34.1 Å². The zero-order valence-corrected chi connectivity index (χ0v) is 11.8. The minimum absolute atomic E-state index is 0.00377. The molecule has 1 atom stereocenters. The normalized spacial score (nSPS) is 12.5. The van der Waals surface area contributed by atoms with E-state index in [0.29, 0.717) is 23.7 Å². The van der Waals surface area contributed by atoms with Crippen molar-refractivity contribution in [3.8, 4) is 6.07 Å². The summed E-state index contributed by atoms with van der Waals surface area (Å²) in [5.41, 5.74) is 1.31. The fourth-order valence-electron chi connectivity index (χ4n) is 1.80. The fourth-order valence-corrected chi connectivity index (χ4v) is 2.08. The van der Waals surface area contributed by atoms with Gasteiger partial charge in [0.2, 0.25) is 0 Å². The van der Waals surface area contributed by atoms with Gasteiger partial charge in [-0.05, 0) is 43.7 Å². The number of aryl methyl sites for hydroxylation is 1. The van der Waals surface area contributed by atoms with E-state index in [2.05, 4.69) is 6.07 Å². The van der Waals surface area contributed by atoms with Crippen LogP contribution in [0.15, 0.2) is 12.1 Å². The molecule has 18 heavy (non-hydrogen) atoms. The van der Waals surface area contributed by atoms with Crippen LogP contribution in [0.1, 0.15) is 24.5 Å². The first-order chi connectivity index (χ1) is 8.47. The Morgan fingerprint density at radius 2 is 2.17 bits per heavy atom. The van der Waals surface area contributed by atoms with E-state index in [1.54, 1.807) is 13.0 Å². The first kappa shape index (κ1) is 14.9. The highest BCUT2D eigenvalue weighted by molar-refractivity contribution is 6.31. The Morgan fingerprint density at radius 1 is 1.50 bits per heavy atom. The van der Waals surface area contributed by atoms with E-state index in [4.69, 9.17) is 16.9 Å². The smallest absolute Gasteiger partial charge is 0.126 e. The molecule has 98 valence electrons. The second kappa shape index (κ2) is 6.72. The maximum Gasteiger partial charge on any atom is 0.126 e. The van der Waals surface area contributed by atoms with Crippen molar-refractivity contribution >= 4 is 11.6 Å². The molecule has 0 aliphatic rings. The molecule has 0 aliphatic carbocycles. The van der Waals surface area contributed by atoms with Crippen LogP contribution in [0.4, 0.5) is 4.39 Å². The van der Waals surface area contributed by atoms with Gasteiger partial charge in [0, 0.05) is 18.1 Å². The van der Waals surface area contributed by atoms with Crippen molar-refractivity contribution in [3.63, 3.8) is 0 Å². The summed E-state index contributed by atoms with van der Waals surface area (Å²) in [6, 6.07) is 5.37. The largest absolute Gasteiger partial charge is 0.301 e. The molecule has 0 aromatic heterocycles. The van der Waals surface area contributed by atoms with Gasteiger partial charge in [0.05, 0.1) is 12.0 Å². The summed E-state index contributed by atoms with van der Waals surface area (Å²) in [7, 11) is 1.91. The molecule has 0 saturated heterocycles. The lowest BCUT2D eigenvalue weighted by molar-refractivity contribution is 0.292. The maximum atomic E-state index is 13.5. The van der Waals surface area contributed by atoms with Crippen LogP contribution < -0.4 is 0 Å². The van der Waals surface area contributed by atoms with E-state index in [-0.39, 0.29) is 11.7 Å². The van der Waals surface area contributed by atoms with Crippen molar-refractivity contribution < 1.29 is 4.39 Å². The Kier molecular flexibility index (Phi) is 5.58. The maximum absolute atomic E-state index is 13.5. The van der Waals surface area contributed by atoms with Crippen molar-refractivity contribution in [1.82, 2.24) is 4.90 Å². The van der Waals surface area contributed by atoms with Crippen LogP contribution >= 0.6 is 11.6 Å². The van der Waals surface area contributed by atoms with E-state index < -0.39 is 0 Å². The van der Waals surface area contributed by atoms with Gasteiger partial charge in [-0.1, -0.05) is 18.5 Å². The van der Waals surface area contributed by atoms with Gasteiger partial charge in [-0.15, -0.1) is 0 Å². The topological polar surface area (TPSA) is 27.0 Å². The third kappa shape index (κ3) is 3.97. The molecule has 0 spiro atoms. The van der Waals surface area contributed by atoms with Gasteiger partial charge < -0.3 is 4.90 Å². The molecule has 0 N–H and O–H groups in total. The molecule has 0 radical (unpaired) electrons. The molecule has 1 rings (SSSR count). The molecule has 0 amide bonds. The molecule has 4 heteroatoms. The van der Waals surface area contributed by atoms with Crippen molar-refractivity contribution in [1.29, 1.82) is 5.26 Å². The van der Waals surface area contributed by atoms with Gasteiger partial charge in [-0.3, -0.25) is 0 Å². The van der Waals surface area contributed by atoms with Crippen molar-refractivity contribution in [2.24, 2.45) is 5.92 Å². The number of rotatable bonds is 5. The molecule has 1 aromatic carbocycles. The van der Waals surface area contributed by atoms with Crippen LogP contribution in [0.3, 0.4) is 0 Å². The molecular weight excluding hydrogens is 251 g/mol. The van der Waals surface area contributed by atoms with Crippen LogP contribution in [0, 0.1) is 30.0 Å². The number of nitriles is 1. The molecule has 0 aliphatic heterocycles. The standard InChI is InChI=1S/C14H18ClFN2/c1-4-11(7-17)8-18(3)9-12-6-14(16)10(2)5-13(12)15/h5-6,11H,4,8-9H2,1-3H3. The van der Waals surface area contributed by atoms with Crippen molar-refractivity contribution in [2.75, 3.05) is 13.6 Å². The molecular formula is C14H18ClFN2. The Bertz CT molecular complexity index is 454. The summed E-state index contributed by atoms with van der Waals surface area (Å²) >= 11 is 6.09. The second-order valence-corrected chi connectivity index (χ2v) is 5.03. The van der Waals surface area contributed by atoms with Gasteiger partial charge in [0.15, 0.2) is 0 Å². The Balaban J connectivity index is 2.73. The molecule has 2 nitrogen and oxygen atoms in total.